The summed E-state index contributed by atoms with van der Waals surface area (Å²) in [6.45, 7) is 3.51. The minimum Gasteiger partial charge on any atom is -0.497 e. The van der Waals surface area contributed by atoms with Crippen molar-refractivity contribution < 1.29 is 28.5 Å². The third kappa shape index (κ3) is 5.69. The van der Waals surface area contributed by atoms with Gasteiger partial charge in [0.1, 0.15) is 23.9 Å². The molecule has 166 valence electrons. The molecule has 0 spiro atoms. The molecule has 1 aliphatic rings. The van der Waals surface area contributed by atoms with E-state index in [4.69, 9.17) is 18.9 Å². The Bertz CT molecular complexity index is 887. The van der Waals surface area contributed by atoms with Crippen molar-refractivity contribution in [3.8, 4) is 17.2 Å². The molecule has 1 saturated heterocycles. The van der Waals surface area contributed by atoms with Gasteiger partial charge >= 0.3 is 5.97 Å². The van der Waals surface area contributed by atoms with Gasteiger partial charge in [0.2, 0.25) is 0 Å². The molecule has 0 aliphatic carbocycles. The molecule has 1 aliphatic heterocycles. The summed E-state index contributed by atoms with van der Waals surface area (Å²) < 4.78 is 21.6. The molecule has 31 heavy (non-hydrogen) atoms. The molecule has 7 nitrogen and oxygen atoms in total. The number of carbonyl (C=O) groups is 2. The lowest BCUT2D eigenvalue weighted by Gasteiger charge is -2.31. The molecule has 1 fully saturated rings. The van der Waals surface area contributed by atoms with E-state index in [1.165, 1.54) is 0 Å². The second-order valence-corrected chi connectivity index (χ2v) is 7.31. The first-order valence-corrected chi connectivity index (χ1v) is 10.4. The molecule has 0 atom stereocenters. The molecule has 7 heteroatoms. The fourth-order valence-electron chi connectivity index (χ4n) is 3.62. The van der Waals surface area contributed by atoms with Crippen LogP contribution in [0.2, 0.25) is 0 Å². The van der Waals surface area contributed by atoms with E-state index < -0.39 is 0 Å². The molecule has 2 aromatic rings. The summed E-state index contributed by atoms with van der Waals surface area (Å²) in [5.41, 5.74) is 1.36. The highest BCUT2D eigenvalue weighted by Gasteiger charge is 2.28. The van der Waals surface area contributed by atoms with Crippen molar-refractivity contribution in [2.45, 2.75) is 26.4 Å². The first-order valence-electron chi connectivity index (χ1n) is 10.4. The van der Waals surface area contributed by atoms with Crippen molar-refractivity contribution in [1.82, 2.24) is 4.90 Å². The number of rotatable bonds is 8. The minimum absolute atomic E-state index is 0.0596. The molecule has 3 rings (SSSR count). The average molecular weight is 427 g/mol. The number of ether oxygens (including phenoxy) is 4. The molecular formula is C24H29NO6. The van der Waals surface area contributed by atoms with Crippen molar-refractivity contribution >= 4 is 11.9 Å². The highest BCUT2D eigenvalue weighted by Crippen LogP contribution is 2.26. The van der Waals surface area contributed by atoms with Gasteiger partial charge in [-0.2, -0.15) is 0 Å². The predicted molar refractivity (Wildman–Crippen MR) is 116 cm³/mol. The maximum absolute atomic E-state index is 13.0. The molecule has 0 bridgehead atoms. The van der Waals surface area contributed by atoms with E-state index in [1.807, 2.05) is 30.3 Å². The number of hydrogen-bond donors (Lipinski definition) is 0. The lowest BCUT2D eigenvalue weighted by Crippen LogP contribution is -2.40. The van der Waals surface area contributed by atoms with Crippen LogP contribution in [0.1, 0.15) is 35.7 Å². The van der Waals surface area contributed by atoms with Gasteiger partial charge in [-0.15, -0.1) is 0 Å². The van der Waals surface area contributed by atoms with Gasteiger partial charge in [-0.25, -0.2) is 0 Å². The SMILES string of the molecule is CCOC(=O)C1CCN(C(=O)c2ccc(OC)c(COc3ccc(OC)cc3)c2)CC1. The molecule has 1 heterocycles. The summed E-state index contributed by atoms with van der Waals surface area (Å²) >= 11 is 0. The number of benzene rings is 2. The van der Waals surface area contributed by atoms with Crippen LogP contribution in [0.5, 0.6) is 17.2 Å². The monoisotopic (exact) mass is 427 g/mol. The highest BCUT2D eigenvalue weighted by molar-refractivity contribution is 5.94. The van der Waals surface area contributed by atoms with Crippen molar-refractivity contribution in [1.29, 1.82) is 0 Å². The van der Waals surface area contributed by atoms with E-state index in [1.54, 1.807) is 38.2 Å². The number of amides is 1. The van der Waals surface area contributed by atoms with Gasteiger partial charge in [0.25, 0.3) is 5.91 Å². The van der Waals surface area contributed by atoms with Crippen LogP contribution in [0, 0.1) is 5.92 Å². The van der Waals surface area contributed by atoms with Crippen molar-refractivity contribution in [2.75, 3.05) is 33.9 Å². The van der Waals surface area contributed by atoms with E-state index in [-0.39, 0.29) is 24.4 Å². The third-order valence-corrected chi connectivity index (χ3v) is 5.38. The molecule has 1 amide bonds. The molecular weight excluding hydrogens is 398 g/mol. The molecule has 0 unspecified atom stereocenters. The van der Waals surface area contributed by atoms with E-state index in [2.05, 4.69) is 0 Å². The quantitative estimate of drug-likeness (QED) is 0.598. The summed E-state index contributed by atoms with van der Waals surface area (Å²) in [7, 11) is 3.20. The fourth-order valence-corrected chi connectivity index (χ4v) is 3.62. The van der Waals surface area contributed by atoms with Gasteiger partial charge < -0.3 is 23.8 Å². The highest BCUT2D eigenvalue weighted by atomic mass is 16.5. The van der Waals surface area contributed by atoms with Crippen molar-refractivity contribution in [3.05, 3.63) is 53.6 Å². The largest absolute Gasteiger partial charge is 0.497 e. The van der Waals surface area contributed by atoms with Crippen molar-refractivity contribution in [3.63, 3.8) is 0 Å². The number of methoxy groups -OCH3 is 2. The minimum atomic E-state index is -0.169. The molecule has 0 saturated carbocycles. The summed E-state index contributed by atoms with van der Waals surface area (Å²) in [5.74, 6) is 1.75. The van der Waals surface area contributed by atoms with Crippen LogP contribution in [0.3, 0.4) is 0 Å². The number of hydrogen-bond acceptors (Lipinski definition) is 6. The topological polar surface area (TPSA) is 74.3 Å². The zero-order valence-corrected chi connectivity index (χ0v) is 18.3. The van der Waals surface area contributed by atoms with Gasteiger partial charge in [0.05, 0.1) is 26.7 Å². The molecule has 2 aromatic carbocycles. The van der Waals surface area contributed by atoms with Crippen LogP contribution in [0.4, 0.5) is 0 Å². The number of piperidine rings is 1. The van der Waals surface area contributed by atoms with Crippen LogP contribution in [-0.4, -0.2) is 50.7 Å². The Morgan fingerprint density at radius 3 is 2.26 bits per heavy atom. The normalized spacial score (nSPS) is 14.1. The number of likely N-dealkylation sites (tertiary alicyclic amines) is 1. The van der Waals surface area contributed by atoms with E-state index in [9.17, 15) is 9.59 Å². The van der Waals surface area contributed by atoms with Crippen molar-refractivity contribution in [2.24, 2.45) is 5.92 Å². The third-order valence-electron chi connectivity index (χ3n) is 5.38. The zero-order chi connectivity index (χ0) is 22.2. The van der Waals surface area contributed by atoms with Gasteiger partial charge in [0, 0.05) is 24.2 Å². The maximum atomic E-state index is 13.0. The van der Waals surface area contributed by atoms with Crippen LogP contribution >= 0.6 is 0 Å². The zero-order valence-electron chi connectivity index (χ0n) is 18.3. The number of nitrogens with zero attached hydrogens (tertiary/aromatic N) is 1. The Hall–Kier alpha value is -3.22. The maximum Gasteiger partial charge on any atom is 0.309 e. The van der Waals surface area contributed by atoms with Gasteiger partial charge in [-0.1, -0.05) is 0 Å². The van der Waals surface area contributed by atoms with Crippen LogP contribution < -0.4 is 14.2 Å². The molecule has 0 aromatic heterocycles. The van der Waals surface area contributed by atoms with Gasteiger partial charge in [-0.3, -0.25) is 9.59 Å². The van der Waals surface area contributed by atoms with Crippen LogP contribution in [0.25, 0.3) is 0 Å². The van der Waals surface area contributed by atoms with Gasteiger partial charge in [0.15, 0.2) is 0 Å². The van der Waals surface area contributed by atoms with E-state index >= 15 is 0 Å². The lowest BCUT2D eigenvalue weighted by molar-refractivity contribution is -0.149. The summed E-state index contributed by atoms with van der Waals surface area (Å²) in [4.78, 5) is 26.7. The Morgan fingerprint density at radius 1 is 0.968 bits per heavy atom. The predicted octanol–water partition coefficient (Wildman–Crippen LogP) is 3.70. The first-order chi connectivity index (χ1) is 15.0. The van der Waals surface area contributed by atoms with Gasteiger partial charge in [-0.05, 0) is 62.2 Å². The molecule has 0 radical (unpaired) electrons. The average Bonchev–Trinajstić information content (AvgIpc) is 2.82. The van der Waals surface area contributed by atoms with E-state index in [0.717, 1.165) is 11.3 Å². The standard InChI is InChI=1S/C24H29NO6/c1-4-30-24(27)17-11-13-25(14-12-17)23(26)18-5-10-22(29-3)19(15-18)16-31-21-8-6-20(28-2)7-9-21/h5-10,15,17H,4,11-14,16H2,1-3H3. The smallest absolute Gasteiger partial charge is 0.309 e. The summed E-state index contributed by atoms with van der Waals surface area (Å²) in [6.07, 6.45) is 1.24. The van der Waals surface area contributed by atoms with Crippen LogP contribution in [-0.2, 0) is 16.1 Å². The fraction of sp³-hybridized carbons (Fsp3) is 0.417. The Labute approximate surface area is 182 Å². The Balaban J connectivity index is 1.65. The number of carbonyl (C=O) groups excluding carboxylic acids is 2. The second kappa shape index (κ2) is 10.7. The van der Waals surface area contributed by atoms with Crippen LogP contribution in [0.15, 0.2) is 42.5 Å². The number of esters is 1. The molecule has 0 N–H and O–H groups in total. The summed E-state index contributed by atoms with van der Waals surface area (Å²) in [6, 6.07) is 12.7. The Morgan fingerprint density at radius 2 is 1.65 bits per heavy atom. The van der Waals surface area contributed by atoms with E-state index in [0.29, 0.717) is 49.6 Å². The lowest BCUT2D eigenvalue weighted by atomic mass is 9.96. The second-order valence-electron chi connectivity index (χ2n) is 7.31. The first kappa shape index (κ1) is 22.5. The summed E-state index contributed by atoms with van der Waals surface area (Å²) in [5, 5.41) is 0. The Kier molecular flexibility index (Phi) is 7.76.